The predicted molar refractivity (Wildman–Crippen MR) is 93.6 cm³/mol. The molecule has 0 fully saturated rings. The van der Waals surface area contributed by atoms with Gasteiger partial charge in [0.25, 0.3) is 0 Å². The molecule has 0 aromatic heterocycles. The third kappa shape index (κ3) is 44.2. The van der Waals surface area contributed by atoms with E-state index in [2.05, 4.69) is 13.2 Å². The molecule has 172 valence electrons. The summed E-state index contributed by atoms with van der Waals surface area (Å²) in [6, 6.07) is 0. The number of carbonyl (C=O) groups excluding carboxylic acids is 1. The van der Waals surface area contributed by atoms with E-state index in [1.165, 1.54) is 4.90 Å². The van der Waals surface area contributed by atoms with Crippen LogP contribution in [0.25, 0.3) is 0 Å². The Bertz CT molecular complexity index is 488. The summed E-state index contributed by atoms with van der Waals surface area (Å²) in [4.78, 5) is 11.4. The van der Waals surface area contributed by atoms with Gasteiger partial charge in [-0.1, -0.05) is 0 Å². The second-order valence-corrected chi connectivity index (χ2v) is 7.35. The van der Waals surface area contributed by atoms with Crippen LogP contribution in [0.3, 0.4) is 0 Å². The summed E-state index contributed by atoms with van der Waals surface area (Å²) in [5.41, 5.74) is 0. The fourth-order valence-electron chi connectivity index (χ4n) is 1.02. The number of nitrogens with one attached hydrogen (secondary N) is 1. The lowest BCUT2D eigenvalue weighted by molar-refractivity contribution is -0.892. The fourth-order valence-corrected chi connectivity index (χ4v) is 1.51. The Morgan fingerprint density at radius 2 is 1.54 bits per heavy atom. The van der Waals surface area contributed by atoms with Gasteiger partial charge in [0, 0.05) is 12.2 Å². The van der Waals surface area contributed by atoms with Crippen LogP contribution in [0.15, 0.2) is 13.2 Å². The van der Waals surface area contributed by atoms with Crippen LogP contribution in [-0.4, -0.2) is 95.3 Å². The number of nitrogens with zero attached hydrogens (tertiary/aromatic N) is 2. The monoisotopic (exact) mass is 449 g/mol. The summed E-state index contributed by atoms with van der Waals surface area (Å²) in [5.74, 6) is -0.446. The van der Waals surface area contributed by atoms with Gasteiger partial charge in [0.05, 0.1) is 30.8 Å². The van der Waals surface area contributed by atoms with Gasteiger partial charge in [-0.25, -0.2) is 22.0 Å². The largest absolute Gasteiger partial charge is 0.748 e. The van der Waals surface area contributed by atoms with Crippen molar-refractivity contribution in [2.75, 3.05) is 60.6 Å². The lowest BCUT2D eigenvalue weighted by Gasteiger charge is -2.29. The third-order valence-corrected chi connectivity index (χ3v) is 2.98. The van der Waals surface area contributed by atoms with Crippen LogP contribution in [0.4, 0.5) is 31.1 Å². The quantitative estimate of drug-likeness (QED) is 0.123. The number of rotatable bonds is 7. The molecule has 1 N–H and O–H groups in total. The lowest BCUT2D eigenvalue weighted by atomic mass is 10.4. The van der Waals surface area contributed by atoms with Crippen LogP contribution in [0.2, 0.25) is 0 Å². The molecule has 0 aliphatic heterocycles. The van der Waals surface area contributed by atoms with Crippen molar-refractivity contribution in [2.45, 2.75) is 12.6 Å². The molecule has 0 radical (unpaired) electrons. The van der Waals surface area contributed by atoms with Crippen LogP contribution in [0.5, 0.6) is 0 Å². The molecule has 7 nitrogen and oxygen atoms in total. The van der Waals surface area contributed by atoms with Crippen LogP contribution >= 0.6 is 0 Å². The zero-order valence-electron chi connectivity index (χ0n) is 16.4. The highest BCUT2D eigenvalue weighted by atomic mass is 32.2. The van der Waals surface area contributed by atoms with Crippen molar-refractivity contribution < 1.29 is 48.6 Å². The first-order valence-corrected chi connectivity index (χ1v) is 9.06. The first-order chi connectivity index (χ1) is 12.5. The van der Waals surface area contributed by atoms with E-state index in [1.54, 1.807) is 28.2 Å². The lowest BCUT2D eigenvalue weighted by Crippen LogP contribution is -2.48. The summed E-state index contributed by atoms with van der Waals surface area (Å²) in [7, 11) is 2.54. The molecule has 0 saturated heterocycles. The molecule has 0 aliphatic rings. The van der Waals surface area contributed by atoms with E-state index in [1.807, 2.05) is 5.32 Å². The van der Waals surface area contributed by atoms with E-state index in [-0.39, 0.29) is 24.4 Å². The Labute approximate surface area is 162 Å². The Morgan fingerprint density at radius 3 is 1.75 bits per heavy atom. The van der Waals surface area contributed by atoms with Gasteiger partial charge in [-0.2, -0.15) is 13.2 Å². The molecule has 0 aromatic rings. The average molecular weight is 449 g/mol. The maximum atomic E-state index is 11.8. The molecule has 0 rings (SSSR count). The highest BCUT2D eigenvalue weighted by Gasteiger charge is 2.26. The number of amides is 1. The highest BCUT2D eigenvalue weighted by molar-refractivity contribution is 7.85. The normalized spacial score (nSPS) is 11.1. The zero-order chi connectivity index (χ0) is 23.6. The smallest absolute Gasteiger partial charge is 0.416 e. The van der Waals surface area contributed by atoms with Crippen molar-refractivity contribution in [3.8, 4) is 0 Å². The first-order valence-electron chi connectivity index (χ1n) is 7.48. The van der Waals surface area contributed by atoms with E-state index in [0.717, 1.165) is 0 Å². The van der Waals surface area contributed by atoms with Crippen LogP contribution in [-0.2, 0) is 10.1 Å². The summed E-state index contributed by atoms with van der Waals surface area (Å²) < 4.78 is 95.6. The maximum absolute atomic E-state index is 11.8. The minimum Gasteiger partial charge on any atom is -0.748 e. The Balaban J connectivity index is -0.000000182. The molecule has 0 bridgehead atoms. The molecular weight excluding hydrogens is 420 g/mol. The summed E-state index contributed by atoms with van der Waals surface area (Å²) >= 11 is 0. The van der Waals surface area contributed by atoms with Gasteiger partial charge in [-0.15, -0.1) is 17.5 Å². The predicted octanol–water partition coefficient (Wildman–Crippen LogP) is 2.43. The highest BCUT2D eigenvalue weighted by Crippen LogP contribution is 2.13. The fraction of sp³-hybridized carbons (Fsp3) is 0.786. The van der Waals surface area contributed by atoms with Crippen molar-refractivity contribution in [2.24, 2.45) is 0 Å². The molecule has 1 amide bonds. The molecular formula is C14H29F6N3O4S. The minimum atomic E-state index is -4.62. The second-order valence-electron chi connectivity index (χ2n) is 5.83. The van der Waals surface area contributed by atoms with Gasteiger partial charge in [-0.05, 0) is 14.1 Å². The van der Waals surface area contributed by atoms with E-state index < -0.39 is 34.9 Å². The molecule has 0 atom stereocenters. The number of alkyl halides is 5. The van der Waals surface area contributed by atoms with Gasteiger partial charge >= 0.3 is 12.3 Å². The van der Waals surface area contributed by atoms with Gasteiger partial charge in [0.1, 0.15) is 6.80 Å². The minimum absolute atomic E-state index is 0.0498. The number of halogens is 6. The molecule has 0 spiro atoms. The van der Waals surface area contributed by atoms with E-state index in [9.17, 15) is 44.1 Å². The topological polar surface area (TPSA) is 89.5 Å². The SMILES string of the molecule is C=C.CN(C)CF.C[N+](C)(CCCS(=O)(=O)[O-])CNC(=O)F.FCC(F)(F)F. The molecule has 0 aromatic carbocycles. The molecule has 0 saturated carbocycles. The maximum Gasteiger partial charge on any atom is 0.416 e. The van der Waals surface area contributed by atoms with Crippen LogP contribution in [0, 0.1) is 0 Å². The van der Waals surface area contributed by atoms with Gasteiger partial charge in [-0.3, -0.25) is 10.2 Å². The van der Waals surface area contributed by atoms with E-state index >= 15 is 0 Å². The van der Waals surface area contributed by atoms with Crippen molar-refractivity contribution in [1.29, 1.82) is 0 Å². The summed E-state index contributed by atoms with van der Waals surface area (Å²) in [5, 5.41) is 1.97. The van der Waals surface area contributed by atoms with Crippen molar-refractivity contribution in [3.63, 3.8) is 0 Å². The molecule has 0 unspecified atom stereocenters. The molecule has 28 heavy (non-hydrogen) atoms. The zero-order valence-corrected chi connectivity index (χ0v) is 17.2. The van der Waals surface area contributed by atoms with Crippen molar-refractivity contribution in [1.82, 2.24) is 10.2 Å². The van der Waals surface area contributed by atoms with E-state index in [0.29, 0.717) is 6.54 Å². The standard InChI is InChI=1S/C7H15FN2O4S.C3H8FN.C2H2F4.C2H4/c1-10(2,6-9-7(8)11)4-3-5-15(12,13)14;1-5(2)3-4;3-1-2(4,5)6;1-2/h3-6H2,1-2H3,(H-,9,11,12,13,14);3H2,1-2H3;1H2;1-2H2. The van der Waals surface area contributed by atoms with Gasteiger partial charge < -0.3 is 9.04 Å². The first kappa shape index (κ1) is 34.1. The van der Waals surface area contributed by atoms with Crippen molar-refractivity contribution in [3.05, 3.63) is 13.2 Å². The van der Waals surface area contributed by atoms with Gasteiger partial charge in [0.15, 0.2) is 13.3 Å². The Hall–Kier alpha value is -1.38. The summed E-state index contributed by atoms with van der Waals surface area (Å²) in [6.07, 6.45) is -6.07. The van der Waals surface area contributed by atoms with Crippen molar-refractivity contribution >= 4 is 16.3 Å². The average Bonchev–Trinajstić information content (AvgIpc) is 2.54. The third-order valence-electron chi connectivity index (χ3n) is 2.19. The van der Waals surface area contributed by atoms with Gasteiger partial charge in [0.2, 0.25) is 0 Å². The second kappa shape index (κ2) is 17.7. The molecule has 0 aliphatic carbocycles. The number of carbonyl (C=O) groups is 1. The molecule has 0 heterocycles. The Morgan fingerprint density at radius 1 is 1.18 bits per heavy atom. The number of hydrogen-bond acceptors (Lipinski definition) is 5. The molecule has 14 heteroatoms. The number of hydrogen-bond donors (Lipinski definition) is 1. The Kier molecular flexibility index (Phi) is 21.6. The van der Waals surface area contributed by atoms with Crippen LogP contribution in [0.1, 0.15) is 6.42 Å². The van der Waals surface area contributed by atoms with E-state index in [4.69, 9.17) is 0 Å². The number of quaternary nitrogens is 1. The summed E-state index contributed by atoms with van der Waals surface area (Å²) in [6.45, 7) is 3.82. The van der Waals surface area contributed by atoms with Crippen LogP contribution < -0.4 is 5.32 Å².